The van der Waals surface area contributed by atoms with Crippen molar-refractivity contribution in [2.45, 2.75) is 278 Å². The fourth-order valence-corrected chi connectivity index (χ4v) is 7.43. The first-order valence-electron chi connectivity index (χ1n) is 24.8. The van der Waals surface area contributed by atoms with Crippen LogP contribution in [0.25, 0.3) is 0 Å². The van der Waals surface area contributed by atoms with Crippen LogP contribution in [0.15, 0.2) is 0 Å². The molecule has 56 heavy (non-hydrogen) atoms. The topological polar surface area (TPSA) is 78.9 Å². The molecule has 0 saturated carbocycles. The molecular weight excluding hydrogens is 697 g/mol. The van der Waals surface area contributed by atoms with Gasteiger partial charge in [-0.05, 0) is 31.1 Å². The van der Waals surface area contributed by atoms with Crippen LogP contribution in [0.1, 0.15) is 272 Å². The summed E-state index contributed by atoms with van der Waals surface area (Å²) in [5.41, 5.74) is 0. The van der Waals surface area contributed by atoms with Crippen molar-refractivity contribution >= 4 is 17.9 Å². The van der Waals surface area contributed by atoms with Gasteiger partial charge in [0.1, 0.15) is 13.2 Å². The van der Waals surface area contributed by atoms with Gasteiger partial charge in [-0.15, -0.1) is 0 Å². The molecule has 6 heteroatoms. The molecule has 0 saturated heterocycles. The quantitative estimate of drug-likeness (QED) is 0.0347. The maximum absolute atomic E-state index is 12.8. The molecule has 0 amide bonds. The van der Waals surface area contributed by atoms with E-state index in [1.165, 1.54) is 161 Å². The molecule has 0 aromatic carbocycles. The Morgan fingerprint density at radius 1 is 0.375 bits per heavy atom. The molecule has 0 aliphatic rings. The van der Waals surface area contributed by atoms with E-state index in [9.17, 15) is 14.4 Å². The van der Waals surface area contributed by atoms with Crippen molar-refractivity contribution in [2.75, 3.05) is 13.2 Å². The predicted molar refractivity (Wildman–Crippen MR) is 238 cm³/mol. The van der Waals surface area contributed by atoms with Gasteiger partial charge in [0.2, 0.25) is 0 Å². The van der Waals surface area contributed by atoms with E-state index in [2.05, 4.69) is 34.6 Å². The number of hydrogen-bond acceptors (Lipinski definition) is 6. The van der Waals surface area contributed by atoms with Gasteiger partial charge in [0.15, 0.2) is 6.10 Å². The van der Waals surface area contributed by atoms with Crippen molar-refractivity contribution < 1.29 is 28.6 Å². The van der Waals surface area contributed by atoms with E-state index in [0.717, 1.165) is 69.6 Å². The van der Waals surface area contributed by atoms with Gasteiger partial charge in [-0.3, -0.25) is 14.4 Å². The minimum atomic E-state index is -0.761. The highest BCUT2D eigenvalue weighted by atomic mass is 16.6. The van der Waals surface area contributed by atoms with Gasteiger partial charge < -0.3 is 14.2 Å². The summed E-state index contributed by atoms with van der Waals surface area (Å²) in [5.74, 6) is 0.774. The minimum Gasteiger partial charge on any atom is -0.462 e. The number of hydrogen-bond donors (Lipinski definition) is 0. The van der Waals surface area contributed by atoms with E-state index in [-0.39, 0.29) is 31.1 Å². The van der Waals surface area contributed by atoms with Crippen LogP contribution in [0.4, 0.5) is 0 Å². The van der Waals surface area contributed by atoms with Gasteiger partial charge in [-0.1, -0.05) is 234 Å². The van der Waals surface area contributed by atoms with Crippen molar-refractivity contribution in [3.63, 3.8) is 0 Å². The molecule has 0 heterocycles. The highest BCUT2D eigenvalue weighted by molar-refractivity contribution is 5.71. The summed E-state index contributed by atoms with van der Waals surface area (Å²) in [6, 6.07) is 0. The summed E-state index contributed by atoms with van der Waals surface area (Å²) in [6.45, 7) is 11.3. The van der Waals surface area contributed by atoms with Crippen molar-refractivity contribution in [1.29, 1.82) is 0 Å². The summed E-state index contributed by atoms with van der Waals surface area (Å²) in [7, 11) is 0. The average Bonchev–Trinajstić information content (AvgIpc) is 3.18. The molecule has 332 valence electrons. The Labute approximate surface area is 348 Å². The maximum atomic E-state index is 12.8. The Morgan fingerprint density at radius 2 is 0.679 bits per heavy atom. The number of ether oxygens (including phenoxy) is 3. The molecule has 6 nitrogen and oxygen atoms in total. The molecule has 0 bridgehead atoms. The van der Waals surface area contributed by atoms with Gasteiger partial charge in [0, 0.05) is 19.3 Å². The summed E-state index contributed by atoms with van der Waals surface area (Å²) in [5, 5.41) is 0. The van der Waals surface area contributed by atoms with E-state index < -0.39 is 6.10 Å². The first-order chi connectivity index (χ1) is 27.3. The summed E-state index contributed by atoms with van der Waals surface area (Å²) in [4.78, 5) is 37.8. The van der Waals surface area contributed by atoms with Crippen LogP contribution in [0.3, 0.4) is 0 Å². The van der Waals surface area contributed by atoms with Crippen LogP contribution >= 0.6 is 0 Å². The standard InChI is InChI=1S/C50H96O6/c1-6-8-9-10-11-12-13-14-15-16-17-18-19-26-32-37-42-50(53)56-47(44-55-49(52)41-36-31-27-22-23-28-33-38-45(3)4)43-54-48(51)40-35-30-25-21-20-24-29-34-39-46(5)7-2/h45-47H,6-44H2,1-5H3/t46?,47-/m0/s1. The van der Waals surface area contributed by atoms with Crippen LogP contribution in [0, 0.1) is 11.8 Å². The zero-order chi connectivity index (χ0) is 41.2. The highest BCUT2D eigenvalue weighted by Gasteiger charge is 2.19. The first-order valence-corrected chi connectivity index (χ1v) is 24.8. The Kier molecular flexibility index (Phi) is 41.8. The van der Waals surface area contributed by atoms with Crippen molar-refractivity contribution in [3.05, 3.63) is 0 Å². The third kappa shape index (κ3) is 42.0. The molecule has 0 rings (SSSR count). The Hall–Kier alpha value is -1.59. The van der Waals surface area contributed by atoms with E-state index in [1.54, 1.807) is 0 Å². The summed E-state index contributed by atoms with van der Waals surface area (Å²) in [6.07, 6.45) is 42.3. The number of esters is 3. The maximum Gasteiger partial charge on any atom is 0.306 e. The molecule has 0 aromatic rings. The van der Waals surface area contributed by atoms with Crippen molar-refractivity contribution in [1.82, 2.24) is 0 Å². The summed E-state index contributed by atoms with van der Waals surface area (Å²) < 4.78 is 16.8. The van der Waals surface area contributed by atoms with E-state index in [4.69, 9.17) is 14.2 Å². The molecule has 0 fully saturated rings. The van der Waals surface area contributed by atoms with E-state index in [1.807, 2.05) is 0 Å². The fourth-order valence-electron chi connectivity index (χ4n) is 7.43. The number of rotatable bonds is 44. The third-order valence-corrected chi connectivity index (χ3v) is 11.6. The molecule has 0 aliphatic carbocycles. The third-order valence-electron chi connectivity index (χ3n) is 11.6. The molecular formula is C50H96O6. The van der Waals surface area contributed by atoms with Gasteiger partial charge >= 0.3 is 17.9 Å². The lowest BCUT2D eigenvalue weighted by atomic mass is 9.99. The fraction of sp³-hybridized carbons (Fsp3) is 0.940. The predicted octanol–water partition coefficient (Wildman–Crippen LogP) is 15.8. The second-order valence-electron chi connectivity index (χ2n) is 17.8. The Bertz CT molecular complexity index is 856. The number of carbonyl (C=O) groups is 3. The van der Waals surface area contributed by atoms with E-state index >= 15 is 0 Å². The molecule has 0 spiro atoms. The average molecular weight is 793 g/mol. The van der Waals surface area contributed by atoms with Crippen LogP contribution < -0.4 is 0 Å². The molecule has 1 unspecified atom stereocenters. The van der Waals surface area contributed by atoms with Gasteiger partial charge in [0.05, 0.1) is 0 Å². The van der Waals surface area contributed by atoms with Gasteiger partial charge in [0.25, 0.3) is 0 Å². The lowest BCUT2D eigenvalue weighted by Crippen LogP contribution is -2.30. The number of carbonyl (C=O) groups excluding carboxylic acids is 3. The zero-order valence-corrected chi connectivity index (χ0v) is 38.3. The van der Waals surface area contributed by atoms with Gasteiger partial charge in [-0.25, -0.2) is 0 Å². The van der Waals surface area contributed by atoms with Crippen molar-refractivity contribution in [3.8, 4) is 0 Å². The second kappa shape index (κ2) is 43.0. The Morgan fingerprint density at radius 3 is 1.02 bits per heavy atom. The molecule has 0 aromatic heterocycles. The Balaban J connectivity index is 4.31. The van der Waals surface area contributed by atoms with Crippen LogP contribution in [0.2, 0.25) is 0 Å². The second-order valence-corrected chi connectivity index (χ2v) is 17.8. The molecule has 2 atom stereocenters. The largest absolute Gasteiger partial charge is 0.462 e. The van der Waals surface area contributed by atoms with Gasteiger partial charge in [-0.2, -0.15) is 0 Å². The van der Waals surface area contributed by atoms with Crippen molar-refractivity contribution in [2.24, 2.45) is 11.8 Å². The normalized spacial score (nSPS) is 12.5. The lowest BCUT2D eigenvalue weighted by Gasteiger charge is -2.18. The van der Waals surface area contributed by atoms with Crippen LogP contribution in [-0.2, 0) is 28.6 Å². The summed E-state index contributed by atoms with van der Waals surface area (Å²) >= 11 is 0. The molecule has 0 aliphatic heterocycles. The van der Waals surface area contributed by atoms with Crippen LogP contribution in [-0.4, -0.2) is 37.2 Å². The zero-order valence-electron chi connectivity index (χ0n) is 38.3. The molecule has 0 N–H and O–H groups in total. The SMILES string of the molecule is CCCCCCCCCCCCCCCCCCC(=O)O[C@@H](COC(=O)CCCCCCCCCCC(C)CC)COC(=O)CCCCCCCCCC(C)C. The van der Waals surface area contributed by atoms with Crippen LogP contribution in [0.5, 0.6) is 0 Å². The molecule has 0 radical (unpaired) electrons. The number of unbranched alkanes of at least 4 members (excludes halogenated alkanes) is 28. The monoisotopic (exact) mass is 793 g/mol. The van der Waals surface area contributed by atoms with E-state index in [0.29, 0.717) is 19.3 Å². The smallest absolute Gasteiger partial charge is 0.306 e. The lowest BCUT2D eigenvalue weighted by molar-refractivity contribution is -0.167. The minimum absolute atomic E-state index is 0.0652. The first kappa shape index (κ1) is 54.4. The highest BCUT2D eigenvalue weighted by Crippen LogP contribution is 2.17.